The molecule has 1 aromatic heterocycles. The minimum Gasteiger partial charge on any atom is -0.497 e. The van der Waals surface area contributed by atoms with Crippen LogP contribution in [0.2, 0.25) is 0 Å². The van der Waals surface area contributed by atoms with Crippen LogP contribution in [0.15, 0.2) is 41.5 Å². The van der Waals surface area contributed by atoms with Crippen LogP contribution in [-0.2, 0) is 13.1 Å². The molecule has 0 bridgehead atoms. The van der Waals surface area contributed by atoms with Gasteiger partial charge in [-0.3, -0.25) is 0 Å². The van der Waals surface area contributed by atoms with Crippen LogP contribution in [0.3, 0.4) is 0 Å². The summed E-state index contributed by atoms with van der Waals surface area (Å²) < 4.78 is 10.8. The monoisotopic (exact) mass is 426 g/mol. The fourth-order valence-corrected chi connectivity index (χ4v) is 3.54. The lowest BCUT2D eigenvalue weighted by molar-refractivity contribution is 0.312. The molecular formula is C23H34N6O2. The first-order valence-corrected chi connectivity index (χ1v) is 10.7. The Balaban J connectivity index is 1.69. The van der Waals surface area contributed by atoms with Crippen LogP contribution in [0.1, 0.15) is 18.1 Å². The molecule has 0 atom stereocenters. The third kappa shape index (κ3) is 6.24. The van der Waals surface area contributed by atoms with Gasteiger partial charge in [0.1, 0.15) is 17.3 Å². The lowest BCUT2D eigenvalue weighted by atomic mass is 10.2. The topological polar surface area (TPSA) is 74.2 Å². The number of aliphatic imine (C=N–C) groups is 1. The van der Waals surface area contributed by atoms with Crippen molar-refractivity contribution in [3.63, 3.8) is 0 Å². The Hall–Kier alpha value is -3.00. The van der Waals surface area contributed by atoms with Crippen molar-refractivity contribution in [2.24, 2.45) is 4.99 Å². The van der Waals surface area contributed by atoms with E-state index < -0.39 is 0 Å². The Kier molecular flexibility index (Phi) is 8.35. The van der Waals surface area contributed by atoms with Gasteiger partial charge < -0.3 is 29.9 Å². The summed E-state index contributed by atoms with van der Waals surface area (Å²) in [6.45, 7) is 8.09. The zero-order valence-electron chi connectivity index (χ0n) is 19.0. The fourth-order valence-electron chi connectivity index (χ4n) is 3.54. The molecule has 8 heteroatoms. The highest BCUT2D eigenvalue weighted by Gasteiger charge is 2.18. The third-order valence-electron chi connectivity index (χ3n) is 5.36. The third-order valence-corrected chi connectivity index (χ3v) is 5.36. The highest BCUT2D eigenvalue weighted by atomic mass is 16.5. The van der Waals surface area contributed by atoms with Crippen molar-refractivity contribution >= 4 is 11.8 Å². The molecule has 1 saturated heterocycles. The molecule has 0 radical (unpaired) electrons. The zero-order valence-corrected chi connectivity index (χ0v) is 19.0. The van der Waals surface area contributed by atoms with Crippen LogP contribution in [0.25, 0.3) is 0 Å². The molecule has 2 aromatic rings. The predicted molar refractivity (Wildman–Crippen MR) is 125 cm³/mol. The molecule has 1 aliphatic rings. The maximum Gasteiger partial charge on any atom is 0.191 e. The van der Waals surface area contributed by atoms with Crippen molar-refractivity contribution in [3.8, 4) is 11.5 Å². The van der Waals surface area contributed by atoms with Crippen molar-refractivity contribution in [1.82, 2.24) is 20.5 Å². The molecule has 1 aliphatic heterocycles. The van der Waals surface area contributed by atoms with E-state index in [1.54, 1.807) is 14.2 Å². The largest absolute Gasteiger partial charge is 0.497 e. The summed E-state index contributed by atoms with van der Waals surface area (Å²) in [5, 5.41) is 6.77. The molecule has 2 N–H and O–H groups in total. The number of ether oxygens (including phenoxy) is 2. The molecule has 0 aliphatic carbocycles. The summed E-state index contributed by atoms with van der Waals surface area (Å²) in [6, 6.07) is 9.90. The van der Waals surface area contributed by atoms with Crippen LogP contribution in [0.4, 0.5) is 5.82 Å². The van der Waals surface area contributed by atoms with Crippen molar-refractivity contribution in [1.29, 1.82) is 0 Å². The highest BCUT2D eigenvalue weighted by Crippen LogP contribution is 2.25. The summed E-state index contributed by atoms with van der Waals surface area (Å²) >= 11 is 0. The molecule has 31 heavy (non-hydrogen) atoms. The van der Waals surface area contributed by atoms with Gasteiger partial charge >= 0.3 is 0 Å². The second kappa shape index (κ2) is 11.4. The van der Waals surface area contributed by atoms with Crippen molar-refractivity contribution in [2.75, 3.05) is 58.9 Å². The van der Waals surface area contributed by atoms with Crippen LogP contribution in [0, 0.1) is 0 Å². The van der Waals surface area contributed by atoms with Gasteiger partial charge in [-0.05, 0) is 32.2 Å². The zero-order chi connectivity index (χ0) is 22.1. The van der Waals surface area contributed by atoms with Crippen molar-refractivity contribution in [3.05, 3.63) is 47.7 Å². The van der Waals surface area contributed by atoms with Crippen LogP contribution in [0.5, 0.6) is 11.5 Å². The van der Waals surface area contributed by atoms with Gasteiger partial charge in [0.2, 0.25) is 0 Å². The average Bonchev–Trinajstić information content (AvgIpc) is 2.81. The van der Waals surface area contributed by atoms with E-state index in [1.165, 1.54) is 5.56 Å². The predicted octanol–water partition coefficient (Wildman–Crippen LogP) is 2.11. The summed E-state index contributed by atoms with van der Waals surface area (Å²) in [6.07, 6.45) is 1.87. The van der Waals surface area contributed by atoms with Gasteiger partial charge in [-0.25, -0.2) is 9.98 Å². The van der Waals surface area contributed by atoms with Crippen LogP contribution < -0.4 is 25.0 Å². The molecule has 1 aromatic carbocycles. The number of hydrogen-bond acceptors (Lipinski definition) is 6. The number of likely N-dealkylation sites (N-methyl/N-ethyl adjacent to an activating group) is 1. The van der Waals surface area contributed by atoms with E-state index >= 15 is 0 Å². The van der Waals surface area contributed by atoms with E-state index in [0.717, 1.165) is 61.6 Å². The minimum atomic E-state index is 0.501. The summed E-state index contributed by atoms with van der Waals surface area (Å²) in [5.74, 6) is 3.34. The van der Waals surface area contributed by atoms with Crippen molar-refractivity contribution < 1.29 is 9.47 Å². The Morgan fingerprint density at radius 2 is 1.87 bits per heavy atom. The Morgan fingerprint density at radius 1 is 1.06 bits per heavy atom. The molecule has 168 valence electrons. The standard InChI is InChI=1S/C23H34N6O2/c1-5-24-23(26-16-18-8-9-20(30-3)15-21(18)31-4)27-17-19-7-6-10-25-22(19)29-13-11-28(2)12-14-29/h6-10,15H,5,11-14,16-17H2,1-4H3,(H2,24,26,27). The number of methoxy groups -OCH3 is 2. The van der Waals surface area contributed by atoms with Gasteiger partial charge in [0.05, 0.1) is 20.8 Å². The molecule has 1 fully saturated rings. The number of anilines is 1. The normalized spacial score (nSPS) is 15.0. The lowest BCUT2D eigenvalue weighted by Gasteiger charge is -2.34. The van der Waals surface area contributed by atoms with E-state index in [2.05, 4.69) is 45.5 Å². The van der Waals surface area contributed by atoms with E-state index in [1.807, 2.05) is 30.5 Å². The first kappa shape index (κ1) is 22.7. The molecule has 0 spiro atoms. The second-order valence-electron chi connectivity index (χ2n) is 7.50. The molecule has 0 unspecified atom stereocenters. The highest BCUT2D eigenvalue weighted by molar-refractivity contribution is 5.80. The fraction of sp³-hybridized carbons (Fsp3) is 0.478. The van der Waals surface area contributed by atoms with Gasteiger partial charge in [0.15, 0.2) is 5.96 Å². The molecule has 8 nitrogen and oxygen atoms in total. The van der Waals surface area contributed by atoms with E-state index in [4.69, 9.17) is 14.5 Å². The first-order valence-electron chi connectivity index (χ1n) is 10.7. The number of pyridine rings is 1. The Bertz CT molecular complexity index is 865. The number of nitrogens with one attached hydrogen (secondary N) is 2. The number of benzene rings is 1. The minimum absolute atomic E-state index is 0.501. The van der Waals surface area contributed by atoms with Gasteiger partial charge in [0, 0.05) is 62.7 Å². The molecule has 2 heterocycles. The molecule has 3 rings (SSSR count). The summed E-state index contributed by atoms with van der Waals surface area (Å²) in [7, 11) is 5.47. The maximum absolute atomic E-state index is 5.49. The number of aromatic nitrogens is 1. The Morgan fingerprint density at radius 3 is 2.58 bits per heavy atom. The number of nitrogens with zero attached hydrogens (tertiary/aromatic N) is 4. The Labute approximate surface area is 185 Å². The summed E-state index contributed by atoms with van der Waals surface area (Å²) in [4.78, 5) is 14.1. The lowest BCUT2D eigenvalue weighted by Crippen LogP contribution is -2.45. The van der Waals surface area contributed by atoms with E-state index in [0.29, 0.717) is 13.1 Å². The second-order valence-corrected chi connectivity index (χ2v) is 7.50. The van der Waals surface area contributed by atoms with Gasteiger partial charge in [0.25, 0.3) is 0 Å². The smallest absolute Gasteiger partial charge is 0.191 e. The quantitative estimate of drug-likeness (QED) is 0.495. The van der Waals surface area contributed by atoms with Crippen LogP contribution >= 0.6 is 0 Å². The van der Waals surface area contributed by atoms with Gasteiger partial charge in [-0.15, -0.1) is 0 Å². The molecular weight excluding hydrogens is 392 g/mol. The maximum atomic E-state index is 5.49. The van der Waals surface area contributed by atoms with Crippen molar-refractivity contribution in [2.45, 2.75) is 20.0 Å². The number of hydrogen-bond donors (Lipinski definition) is 2. The first-order chi connectivity index (χ1) is 15.1. The molecule has 0 amide bonds. The van der Waals surface area contributed by atoms with Gasteiger partial charge in [-0.1, -0.05) is 6.07 Å². The number of rotatable bonds is 8. The van der Waals surface area contributed by atoms with Gasteiger partial charge in [-0.2, -0.15) is 0 Å². The van der Waals surface area contributed by atoms with Crippen LogP contribution in [-0.4, -0.2) is 69.8 Å². The van der Waals surface area contributed by atoms with E-state index in [9.17, 15) is 0 Å². The van der Waals surface area contributed by atoms with E-state index in [-0.39, 0.29) is 0 Å². The average molecular weight is 427 g/mol. The summed E-state index contributed by atoms with van der Waals surface area (Å²) in [5.41, 5.74) is 2.17. The SMILES string of the molecule is CCNC(=NCc1ccc(OC)cc1OC)NCc1cccnc1N1CCN(C)CC1. The number of guanidine groups is 1. The number of piperazine rings is 1. The molecule has 0 saturated carbocycles.